The topological polar surface area (TPSA) is 54.5 Å². The molecular weight excluding hydrogens is 429 g/mol. The molecule has 1 amide bonds. The van der Waals surface area contributed by atoms with Crippen LogP contribution in [0.1, 0.15) is 33.6 Å². The van der Waals surface area contributed by atoms with E-state index in [9.17, 15) is 4.79 Å². The van der Waals surface area contributed by atoms with Crippen LogP contribution in [0.15, 0.2) is 12.3 Å². The number of carbonyl (C=O) groups excluding carboxylic acids is 1. The lowest BCUT2D eigenvalue weighted by Crippen LogP contribution is -2.42. The van der Waals surface area contributed by atoms with Gasteiger partial charge < -0.3 is 15.0 Å². The summed E-state index contributed by atoms with van der Waals surface area (Å²) < 4.78 is 6.47. The molecule has 0 atom stereocenters. The minimum Gasteiger partial charge on any atom is -0.444 e. The predicted octanol–water partition coefficient (Wildman–Crippen LogP) is 4.40. The van der Waals surface area contributed by atoms with E-state index in [0.717, 1.165) is 41.7 Å². The summed E-state index contributed by atoms with van der Waals surface area (Å²) in [6, 6.07) is 1.85. The van der Waals surface area contributed by atoms with E-state index in [-0.39, 0.29) is 6.09 Å². The van der Waals surface area contributed by atoms with Crippen molar-refractivity contribution < 1.29 is 9.53 Å². The molecule has 1 saturated heterocycles. The zero-order valence-corrected chi connectivity index (χ0v) is 16.6. The molecule has 1 aromatic heterocycles. The van der Waals surface area contributed by atoms with Crippen LogP contribution >= 0.6 is 34.2 Å². The van der Waals surface area contributed by atoms with E-state index < -0.39 is 5.60 Å². The second-order valence-corrected chi connectivity index (χ2v) is 8.33. The second kappa shape index (κ2) is 7.88. The van der Waals surface area contributed by atoms with Gasteiger partial charge in [0, 0.05) is 25.8 Å². The van der Waals surface area contributed by atoms with E-state index in [1.165, 1.54) is 0 Å². The van der Waals surface area contributed by atoms with Gasteiger partial charge in [-0.3, -0.25) is 0 Å². The average molecular weight is 452 g/mol. The highest BCUT2D eigenvalue weighted by molar-refractivity contribution is 14.1. The van der Waals surface area contributed by atoms with Crippen LogP contribution in [0.2, 0.25) is 5.15 Å². The highest BCUT2D eigenvalue weighted by atomic mass is 127. The standard InChI is InChI=1S/C16H23ClIN3O2/c1-16(2,3)23-15(22)21-6-4-11(5-7-21)9-19-13-8-14(17)20-10-12(13)18/h8,10-11H,4-7,9H2,1-3H3,(H,19,20). The molecule has 1 fully saturated rings. The van der Waals surface area contributed by atoms with Crippen molar-refractivity contribution in [2.24, 2.45) is 5.92 Å². The van der Waals surface area contributed by atoms with Gasteiger partial charge in [-0.15, -0.1) is 0 Å². The molecule has 7 heteroatoms. The predicted molar refractivity (Wildman–Crippen MR) is 101 cm³/mol. The monoisotopic (exact) mass is 451 g/mol. The lowest BCUT2D eigenvalue weighted by Gasteiger charge is -2.33. The van der Waals surface area contributed by atoms with Crippen molar-refractivity contribution in [3.05, 3.63) is 21.0 Å². The van der Waals surface area contributed by atoms with E-state index >= 15 is 0 Å². The summed E-state index contributed by atoms with van der Waals surface area (Å²) in [5, 5.41) is 3.93. The first kappa shape index (κ1) is 18.6. The Kier molecular flexibility index (Phi) is 6.36. The molecule has 1 aliphatic heterocycles. The van der Waals surface area contributed by atoms with Crippen LogP contribution in [0, 0.1) is 9.49 Å². The van der Waals surface area contributed by atoms with Gasteiger partial charge >= 0.3 is 6.09 Å². The first-order valence-electron chi connectivity index (χ1n) is 7.77. The molecule has 0 aliphatic carbocycles. The Labute approximate surface area is 156 Å². The summed E-state index contributed by atoms with van der Waals surface area (Å²) in [4.78, 5) is 17.9. The van der Waals surface area contributed by atoms with Crippen LogP contribution in [0.5, 0.6) is 0 Å². The molecular formula is C16H23ClIN3O2. The van der Waals surface area contributed by atoms with Crippen molar-refractivity contribution in [1.29, 1.82) is 0 Å². The minimum atomic E-state index is -0.438. The molecule has 0 unspecified atom stereocenters. The van der Waals surface area contributed by atoms with Gasteiger partial charge in [0.2, 0.25) is 0 Å². The maximum atomic E-state index is 12.0. The number of nitrogens with one attached hydrogen (secondary N) is 1. The summed E-state index contributed by atoms with van der Waals surface area (Å²) in [5.74, 6) is 0.538. The van der Waals surface area contributed by atoms with Crippen molar-refractivity contribution in [2.45, 2.75) is 39.2 Å². The zero-order chi connectivity index (χ0) is 17.0. The third-order valence-electron chi connectivity index (χ3n) is 3.67. The maximum absolute atomic E-state index is 12.0. The number of nitrogens with zero attached hydrogens (tertiary/aromatic N) is 2. The normalized spacial score (nSPS) is 16.3. The number of carbonyl (C=O) groups is 1. The molecule has 1 aliphatic rings. The Morgan fingerprint density at radius 1 is 1.48 bits per heavy atom. The number of piperidine rings is 1. The molecule has 0 radical (unpaired) electrons. The Balaban J connectivity index is 1.79. The fraction of sp³-hybridized carbons (Fsp3) is 0.625. The number of ether oxygens (including phenoxy) is 1. The van der Waals surface area contributed by atoms with Crippen molar-refractivity contribution >= 4 is 46.0 Å². The van der Waals surface area contributed by atoms with Crippen LogP contribution in [0.25, 0.3) is 0 Å². The molecule has 23 heavy (non-hydrogen) atoms. The van der Waals surface area contributed by atoms with Crippen molar-refractivity contribution in [1.82, 2.24) is 9.88 Å². The summed E-state index contributed by atoms with van der Waals surface area (Å²) in [5.41, 5.74) is 0.576. The van der Waals surface area contributed by atoms with E-state index in [4.69, 9.17) is 16.3 Å². The Morgan fingerprint density at radius 2 is 2.13 bits per heavy atom. The number of anilines is 1. The molecule has 128 valence electrons. The smallest absolute Gasteiger partial charge is 0.410 e. The van der Waals surface area contributed by atoms with Crippen molar-refractivity contribution in [2.75, 3.05) is 25.0 Å². The molecule has 5 nitrogen and oxygen atoms in total. The summed E-state index contributed by atoms with van der Waals surface area (Å²) in [6.45, 7) is 8.04. The SMILES string of the molecule is CC(C)(C)OC(=O)N1CCC(CNc2cc(Cl)ncc2I)CC1. The maximum Gasteiger partial charge on any atom is 0.410 e. The van der Waals surface area contributed by atoms with Gasteiger partial charge in [-0.05, 0) is 68.2 Å². The van der Waals surface area contributed by atoms with Gasteiger partial charge in [0.05, 0.1) is 9.26 Å². The lowest BCUT2D eigenvalue weighted by molar-refractivity contribution is 0.0188. The van der Waals surface area contributed by atoms with Gasteiger partial charge in [0.1, 0.15) is 10.8 Å². The second-order valence-electron chi connectivity index (χ2n) is 6.78. The number of hydrogen-bond acceptors (Lipinski definition) is 4. The fourth-order valence-corrected chi connectivity index (χ4v) is 3.09. The molecule has 0 saturated carbocycles. The van der Waals surface area contributed by atoms with E-state index in [0.29, 0.717) is 11.1 Å². The summed E-state index contributed by atoms with van der Waals surface area (Å²) in [6.07, 6.45) is 3.50. The van der Waals surface area contributed by atoms with E-state index in [1.54, 1.807) is 11.1 Å². The van der Waals surface area contributed by atoms with Gasteiger partial charge in [-0.1, -0.05) is 11.6 Å². The molecule has 0 bridgehead atoms. The first-order chi connectivity index (χ1) is 10.7. The number of hydrogen-bond donors (Lipinski definition) is 1. The number of pyridine rings is 1. The molecule has 2 heterocycles. The van der Waals surface area contributed by atoms with Crippen molar-refractivity contribution in [3.63, 3.8) is 0 Å². The third-order valence-corrected chi connectivity index (χ3v) is 4.74. The summed E-state index contributed by atoms with van der Waals surface area (Å²) >= 11 is 8.17. The molecule has 1 aromatic rings. The molecule has 2 rings (SSSR count). The fourth-order valence-electron chi connectivity index (χ4n) is 2.45. The molecule has 0 spiro atoms. The Hall–Kier alpha value is -0.760. The quantitative estimate of drug-likeness (QED) is 0.547. The van der Waals surface area contributed by atoms with E-state index in [1.807, 2.05) is 26.8 Å². The Morgan fingerprint density at radius 3 is 2.74 bits per heavy atom. The minimum absolute atomic E-state index is 0.209. The number of aromatic nitrogens is 1. The largest absolute Gasteiger partial charge is 0.444 e. The van der Waals surface area contributed by atoms with E-state index in [2.05, 4.69) is 32.9 Å². The summed E-state index contributed by atoms with van der Waals surface area (Å²) in [7, 11) is 0. The highest BCUT2D eigenvalue weighted by Gasteiger charge is 2.26. The van der Waals surface area contributed by atoms with Gasteiger partial charge in [-0.2, -0.15) is 0 Å². The van der Waals surface area contributed by atoms with Crippen LogP contribution in [0.3, 0.4) is 0 Å². The van der Waals surface area contributed by atoms with Gasteiger partial charge in [0.25, 0.3) is 0 Å². The number of halogens is 2. The Bertz CT molecular complexity index is 555. The molecule has 0 aromatic carbocycles. The van der Waals surface area contributed by atoms with Crippen LogP contribution in [-0.2, 0) is 4.74 Å². The van der Waals surface area contributed by atoms with Crippen LogP contribution in [0.4, 0.5) is 10.5 Å². The first-order valence-corrected chi connectivity index (χ1v) is 9.23. The molecule has 1 N–H and O–H groups in total. The van der Waals surface area contributed by atoms with Gasteiger partial charge in [-0.25, -0.2) is 9.78 Å². The van der Waals surface area contributed by atoms with Crippen LogP contribution in [-0.4, -0.2) is 41.2 Å². The van der Waals surface area contributed by atoms with Crippen LogP contribution < -0.4 is 5.32 Å². The number of amides is 1. The number of rotatable bonds is 3. The third kappa shape index (κ3) is 5.99. The number of likely N-dealkylation sites (tertiary alicyclic amines) is 1. The lowest BCUT2D eigenvalue weighted by atomic mass is 9.97. The van der Waals surface area contributed by atoms with Crippen molar-refractivity contribution in [3.8, 4) is 0 Å². The van der Waals surface area contributed by atoms with Gasteiger partial charge in [0.15, 0.2) is 0 Å². The highest BCUT2D eigenvalue weighted by Crippen LogP contribution is 2.23. The average Bonchev–Trinajstić information content (AvgIpc) is 2.47. The zero-order valence-electron chi connectivity index (χ0n) is 13.7.